The van der Waals surface area contributed by atoms with E-state index in [-0.39, 0.29) is 24.1 Å². The van der Waals surface area contributed by atoms with Crippen molar-refractivity contribution in [3.63, 3.8) is 0 Å². The number of carbonyl (C=O) groups is 1. The van der Waals surface area contributed by atoms with Crippen molar-refractivity contribution in [3.05, 3.63) is 0 Å². The zero-order valence-electron chi connectivity index (χ0n) is 8.52. The van der Waals surface area contributed by atoms with Gasteiger partial charge < -0.3 is 15.4 Å². The van der Waals surface area contributed by atoms with Crippen molar-refractivity contribution < 1.29 is 9.53 Å². The smallest absolute Gasteiger partial charge is 0.246 e. The van der Waals surface area contributed by atoms with Crippen LogP contribution >= 0.6 is 0 Å². The summed E-state index contributed by atoms with van der Waals surface area (Å²) in [7, 11) is 1.53. The number of ether oxygens (including phenoxy) is 1. The van der Waals surface area contributed by atoms with Crippen LogP contribution in [0.1, 0.15) is 20.3 Å². The number of hydrogen-bond donors (Lipinski definition) is 2. The van der Waals surface area contributed by atoms with Gasteiger partial charge in [-0.3, -0.25) is 4.79 Å². The Morgan fingerprint density at radius 3 is 2.85 bits per heavy atom. The van der Waals surface area contributed by atoms with Gasteiger partial charge in [0.05, 0.1) is 0 Å². The fraction of sp³-hybridized carbons (Fsp3) is 0.889. The molecule has 1 saturated heterocycles. The van der Waals surface area contributed by atoms with Gasteiger partial charge in [0.15, 0.2) is 0 Å². The molecule has 0 aromatic carbocycles. The highest BCUT2D eigenvalue weighted by molar-refractivity contribution is 5.77. The largest absolute Gasteiger partial charge is 0.375 e. The van der Waals surface area contributed by atoms with Crippen molar-refractivity contribution in [2.45, 2.75) is 31.8 Å². The highest BCUT2D eigenvalue weighted by atomic mass is 16.5. The Bertz CT molecular complexity index is 192. The van der Waals surface area contributed by atoms with Crippen LogP contribution in [0.5, 0.6) is 0 Å². The van der Waals surface area contributed by atoms with E-state index >= 15 is 0 Å². The lowest BCUT2D eigenvalue weighted by Gasteiger charge is -2.27. The third-order valence-corrected chi connectivity index (χ3v) is 2.50. The van der Waals surface area contributed by atoms with Crippen LogP contribution < -0.4 is 10.6 Å². The molecular formula is C9H18N2O2. The first kappa shape index (κ1) is 10.5. The minimum absolute atomic E-state index is 0.00337. The van der Waals surface area contributed by atoms with Gasteiger partial charge in [0, 0.05) is 18.7 Å². The fourth-order valence-electron chi connectivity index (χ4n) is 1.64. The molecule has 1 fully saturated rings. The molecule has 0 spiro atoms. The van der Waals surface area contributed by atoms with Gasteiger partial charge in [-0.25, -0.2) is 0 Å². The number of hydrogen-bond acceptors (Lipinski definition) is 3. The van der Waals surface area contributed by atoms with Gasteiger partial charge in [0.1, 0.15) is 6.61 Å². The Hall–Kier alpha value is -0.610. The van der Waals surface area contributed by atoms with Crippen LogP contribution in [0.3, 0.4) is 0 Å². The maximum Gasteiger partial charge on any atom is 0.246 e. The average Bonchev–Trinajstić information content (AvgIpc) is 2.31. The Kier molecular flexibility index (Phi) is 3.27. The number of methoxy groups -OCH3 is 1. The van der Waals surface area contributed by atoms with Crippen LogP contribution in [-0.4, -0.2) is 37.7 Å². The molecule has 4 heteroatoms. The van der Waals surface area contributed by atoms with Gasteiger partial charge in [-0.05, 0) is 26.8 Å². The Balaban J connectivity index is 2.40. The van der Waals surface area contributed by atoms with Gasteiger partial charge in [-0.1, -0.05) is 0 Å². The molecule has 1 rings (SSSR count). The van der Waals surface area contributed by atoms with Gasteiger partial charge in [-0.2, -0.15) is 0 Å². The van der Waals surface area contributed by atoms with E-state index in [4.69, 9.17) is 4.74 Å². The molecule has 0 saturated carbocycles. The Morgan fingerprint density at radius 1 is 1.69 bits per heavy atom. The van der Waals surface area contributed by atoms with Crippen LogP contribution in [0.4, 0.5) is 0 Å². The first-order valence-electron chi connectivity index (χ1n) is 4.59. The second kappa shape index (κ2) is 4.07. The summed E-state index contributed by atoms with van der Waals surface area (Å²) in [5, 5.41) is 6.28. The second-order valence-electron chi connectivity index (χ2n) is 3.99. The van der Waals surface area contributed by atoms with Crippen LogP contribution in [0.2, 0.25) is 0 Å². The molecule has 0 radical (unpaired) electrons. The monoisotopic (exact) mass is 186 g/mol. The summed E-state index contributed by atoms with van der Waals surface area (Å²) < 4.78 is 4.75. The molecule has 1 aliphatic heterocycles. The first-order valence-corrected chi connectivity index (χ1v) is 4.59. The topological polar surface area (TPSA) is 50.4 Å². The lowest BCUT2D eigenvalue weighted by molar-refractivity contribution is -0.125. The molecule has 0 aromatic rings. The van der Waals surface area contributed by atoms with E-state index in [0.717, 1.165) is 13.0 Å². The maximum atomic E-state index is 11.2. The van der Waals surface area contributed by atoms with Crippen molar-refractivity contribution >= 4 is 5.91 Å². The van der Waals surface area contributed by atoms with Crippen molar-refractivity contribution in [2.24, 2.45) is 0 Å². The number of nitrogens with one attached hydrogen (secondary N) is 2. The SMILES string of the molecule is COCC(=O)NC1CCNC1(C)C. The highest BCUT2D eigenvalue weighted by Crippen LogP contribution is 2.18. The highest BCUT2D eigenvalue weighted by Gasteiger charge is 2.34. The molecule has 1 amide bonds. The van der Waals surface area contributed by atoms with Crippen LogP contribution in [0.15, 0.2) is 0 Å². The average molecular weight is 186 g/mol. The molecule has 1 aliphatic rings. The van der Waals surface area contributed by atoms with Crippen molar-refractivity contribution in [2.75, 3.05) is 20.3 Å². The van der Waals surface area contributed by atoms with E-state index in [1.54, 1.807) is 0 Å². The number of rotatable bonds is 3. The molecule has 0 aliphatic carbocycles. The van der Waals surface area contributed by atoms with E-state index in [9.17, 15) is 4.79 Å². The van der Waals surface area contributed by atoms with E-state index in [1.807, 2.05) is 0 Å². The minimum atomic E-state index is -0.0377. The molecule has 1 heterocycles. The van der Waals surface area contributed by atoms with Crippen molar-refractivity contribution in [3.8, 4) is 0 Å². The summed E-state index contributed by atoms with van der Waals surface area (Å²) in [6.07, 6.45) is 0.989. The molecule has 0 aromatic heterocycles. The zero-order chi connectivity index (χ0) is 9.90. The Labute approximate surface area is 79.0 Å². The molecule has 4 nitrogen and oxygen atoms in total. The zero-order valence-corrected chi connectivity index (χ0v) is 8.52. The molecule has 1 unspecified atom stereocenters. The summed E-state index contributed by atoms with van der Waals surface area (Å²) in [4.78, 5) is 11.2. The van der Waals surface area contributed by atoms with Crippen molar-refractivity contribution in [1.29, 1.82) is 0 Å². The molecule has 2 N–H and O–H groups in total. The summed E-state index contributed by atoms with van der Waals surface area (Å²) in [5.74, 6) is -0.0377. The Morgan fingerprint density at radius 2 is 2.38 bits per heavy atom. The number of carbonyl (C=O) groups excluding carboxylic acids is 1. The summed E-state index contributed by atoms with van der Waals surface area (Å²) >= 11 is 0. The molecular weight excluding hydrogens is 168 g/mol. The summed E-state index contributed by atoms with van der Waals surface area (Å²) in [6.45, 7) is 5.30. The quantitative estimate of drug-likeness (QED) is 0.646. The third kappa shape index (κ3) is 2.67. The van der Waals surface area contributed by atoms with E-state index in [0.29, 0.717) is 0 Å². The molecule has 1 atom stereocenters. The molecule has 0 bridgehead atoms. The molecule has 13 heavy (non-hydrogen) atoms. The predicted molar refractivity (Wildman–Crippen MR) is 50.5 cm³/mol. The normalized spacial score (nSPS) is 25.9. The third-order valence-electron chi connectivity index (χ3n) is 2.50. The number of amides is 1. The van der Waals surface area contributed by atoms with Crippen molar-refractivity contribution in [1.82, 2.24) is 10.6 Å². The van der Waals surface area contributed by atoms with Gasteiger partial charge in [0.25, 0.3) is 0 Å². The van der Waals surface area contributed by atoms with Gasteiger partial charge in [-0.15, -0.1) is 0 Å². The van der Waals surface area contributed by atoms with E-state index in [2.05, 4.69) is 24.5 Å². The lowest BCUT2D eigenvalue weighted by Crippen LogP contribution is -2.51. The molecule has 76 valence electrons. The van der Waals surface area contributed by atoms with Crippen LogP contribution in [-0.2, 0) is 9.53 Å². The van der Waals surface area contributed by atoms with Crippen LogP contribution in [0, 0.1) is 0 Å². The standard InChI is InChI=1S/C9H18N2O2/c1-9(2)7(4-5-10-9)11-8(12)6-13-3/h7,10H,4-6H2,1-3H3,(H,11,12). The van der Waals surface area contributed by atoms with Gasteiger partial charge in [0.2, 0.25) is 5.91 Å². The lowest BCUT2D eigenvalue weighted by atomic mass is 9.97. The van der Waals surface area contributed by atoms with E-state index < -0.39 is 0 Å². The first-order chi connectivity index (χ1) is 6.06. The van der Waals surface area contributed by atoms with E-state index in [1.165, 1.54) is 7.11 Å². The predicted octanol–water partition coefficient (Wildman–Crippen LogP) is -0.110. The fourth-order valence-corrected chi connectivity index (χ4v) is 1.64. The summed E-state index contributed by atoms with van der Waals surface area (Å²) in [5.41, 5.74) is 0.00337. The minimum Gasteiger partial charge on any atom is -0.375 e. The van der Waals surface area contributed by atoms with Gasteiger partial charge >= 0.3 is 0 Å². The second-order valence-corrected chi connectivity index (χ2v) is 3.99. The summed E-state index contributed by atoms with van der Waals surface area (Å²) in [6, 6.07) is 0.218. The maximum absolute atomic E-state index is 11.2. The van der Waals surface area contributed by atoms with Crippen LogP contribution in [0.25, 0.3) is 0 Å².